The Morgan fingerprint density at radius 1 is 1.15 bits per heavy atom. The molecule has 0 aromatic rings. The molecule has 0 aromatic carbocycles. The van der Waals surface area contributed by atoms with Crippen molar-refractivity contribution < 1.29 is 19.4 Å². The summed E-state index contributed by atoms with van der Waals surface area (Å²) in [6.45, 7) is 3.26. The molecule has 3 aliphatic rings. The number of aliphatic carboxylic acids is 1. The second kappa shape index (κ2) is 5.16. The summed E-state index contributed by atoms with van der Waals surface area (Å²) < 4.78 is 5.51. The van der Waals surface area contributed by atoms with Gasteiger partial charge in [0.1, 0.15) is 5.92 Å². The quantitative estimate of drug-likeness (QED) is 0.640. The lowest BCUT2D eigenvalue weighted by Gasteiger charge is -2.33. The normalized spacial score (nSPS) is 37.2. The summed E-state index contributed by atoms with van der Waals surface area (Å²) in [7, 11) is 2.04. The molecule has 0 aromatic heterocycles. The van der Waals surface area contributed by atoms with Crippen LogP contribution < -0.4 is 5.43 Å². The molecule has 20 heavy (non-hydrogen) atoms. The minimum Gasteiger partial charge on any atom is -0.481 e. The van der Waals surface area contributed by atoms with Crippen LogP contribution in [0.4, 0.5) is 0 Å². The van der Waals surface area contributed by atoms with Crippen molar-refractivity contribution in [2.24, 2.45) is 11.8 Å². The summed E-state index contributed by atoms with van der Waals surface area (Å²) in [5.74, 6) is -2.64. The topological polar surface area (TPSA) is 82.1 Å². The average molecular weight is 281 g/mol. The van der Waals surface area contributed by atoms with Crippen molar-refractivity contribution in [3.05, 3.63) is 12.2 Å². The Morgan fingerprint density at radius 2 is 1.75 bits per heavy atom. The van der Waals surface area contributed by atoms with E-state index in [9.17, 15) is 14.7 Å². The molecule has 0 saturated carbocycles. The molecule has 3 rings (SSSR count). The highest BCUT2D eigenvalue weighted by Gasteiger charge is 2.53. The number of carbonyl (C=O) groups is 2. The van der Waals surface area contributed by atoms with Crippen LogP contribution in [0.25, 0.3) is 0 Å². The lowest BCUT2D eigenvalue weighted by molar-refractivity contribution is -0.148. The van der Waals surface area contributed by atoms with E-state index in [1.54, 1.807) is 12.2 Å². The highest BCUT2D eigenvalue weighted by Crippen LogP contribution is 2.39. The maximum Gasteiger partial charge on any atom is 0.310 e. The van der Waals surface area contributed by atoms with E-state index in [1.165, 1.54) is 0 Å². The molecule has 1 amide bonds. The average Bonchev–Trinajstić information content (AvgIpc) is 3.01. The van der Waals surface area contributed by atoms with Crippen LogP contribution in [0.2, 0.25) is 0 Å². The van der Waals surface area contributed by atoms with Crippen LogP contribution in [0.3, 0.4) is 0 Å². The third kappa shape index (κ3) is 2.32. The van der Waals surface area contributed by atoms with E-state index in [0.29, 0.717) is 0 Å². The molecule has 7 nitrogen and oxygen atoms in total. The van der Waals surface area contributed by atoms with E-state index in [-0.39, 0.29) is 5.91 Å². The third-order valence-corrected chi connectivity index (χ3v) is 4.26. The molecular formula is C13H19N3O4. The molecule has 3 heterocycles. The number of rotatable bonds is 3. The number of hydrogen-bond donors (Lipinski definition) is 2. The molecule has 2 N–H and O–H groups in total. The van der Waals surface area contributed by atoms with Crippen molar-refractivity contribution in [2.75, 3.05) is 33.2 Å². The zero-order valence-electron chi connectivity index (χ0n) is 11.4. The van der Waals surface area contributed by atoms with Gasteiger partial charge in [0, 0.05) is 26.2 Å². The Morgan fingerprint density at radius 3 is 2.35 bits per heavy atom. The second-order valence-electron chi connectivity index (χ2n) is 5.61. The van der Waals surface area contributed by atoms with E-state index < -0.39 is 30.0 Å². The van der Waals surface area contributed by atoms with Crippen molar-refractivity contribution >= 4 is 11.9 Å². The maximum atomic E-state index is 12.4. The minimum atomic E-state index is -0.972. The van der Waals surface area contributed by atoms with Crippen LogP contribution in [-0.4, -0.2) is 72.3 Å². The Balaban J connectivity index is 1.64. The van der Waals surface area contributed by atoms with Crippen LogP contribution in [0, 0.1) is 11.8 Å². The molecule has 0 spiro atoms. The number of carboxylic acid groups (broad SMARTS) is 1. The van der Waals surface area contributed by atoms with Gasteiger partial charge < -0.3 is 14.7 Å². The minimum absolute atomic E-state index is 0.251. The number of fused-ring (bicyclic) bond motifs is 2. The fraction of sp³-hybridized carbons (Fsp3) is 0.692. The van der Waals surface area contributed by atoms with Gasteiger partial charge >= 0.3 is 5.97 Å². The second-order valence-corrected chi connectivity index (χ2v) is 5.61. The van der Waals surface area contributed by atoms with Crippen molar-refractivity contribution in [1.82, 2.24) is 15.3 Å². The number of nitrogens with one attached hydrogen (secondary N) is 1. The van der Waals surface area contributed by atoms with E-state index in [2.05, 4.69) is 10.3 Å². The molecule has 0 radical (unpaired) electrons. The number of amides is 1. The summed E-state index contributed by atoms with van der Waals surface area (Å²) >= 11 is 0. The number of carbonyl (C=O) groups excluding carboxylic acids is 1. The number of ether oxygens (including phenoxy) is 1. The van der Waals surface area contributed by atoms with E-state index in [1.807, 2.05) is 12.1 Å². The molecule has 0 unspecified atom stereocenters. The fourth-order valence-corrected chi connectivity index (χ4v) is 3.06. The number of hydrogen-bond acceptors (Lipinski definition) is 5. The first-order valence-corrected chi connectivity index (χ1v) is 6.87. The van der Waals surface area contributed by atoms with Crippen molar-refractivity contribution in [2.45, 2.75) is 12.2 Å². The SMILES string of the molecule is CN1CCN(NC(=O)[C@@H]2[C@@H](C(=O)O)[C@H]3C=C[C@@H]2O3)CC1. The predicted octanol–water partition coefficient (Wildman–Crippen LogP) is -1.08. The Kier molecular flexibility index (Phi) is 3.49. The van der Waals surface area contributed by atoms with Crippen molar-refractivity contribution in [1.29, 1.82) is 0 Å². The van der Waals surface area contributed by atoms with E-state index >= 15 is 0 Å². The van der Waals surface area contributed by atoms with Gasteiger partial charge in [-0.2, -0.15) is 0 Å². The van der Waals surface area contributed by atoms with Crippen LogP contribution in [-0.2, 0) is 14.3 Å². The van der Waals surface area contributed by atoms with Gasteiger partial charge in [-0.3, -0.25) is 15.0 Å². The number of likely N-dealkylation sites (N-methyl/N-ethyl adjacent to an activating group) is 1. The maximum absolute atomic E-state index is 12.4. The molecule has 0 aliphatic carbocycles. The Hall–Kier alpha value is -1.44. The van der Waals surface area contributed by atoms with Gasteiger partial charge in [0.05, 0.1) is 18.1 Å². The Bertz CT molecular complexity index is 445. The molecule has 2 fully saturated rings. The molecule has 4 atom stereocenters. The van der Waals surface area contributed by atoms with Gasteiger partial charge in [-0.05, 0) is 7.05 Å². The highest BCUT2D eigenvalue weighted by molar-refractivity contribution is 5.87. The first kappa shape index (κ1) is 13.5. The zero-order chi connectivity index (χ0) is 14.3. The third-order valence-electron chi connectivity index (χ3n) is 4.26. The summed E-state index contributed by atoms with van der Waals surface area (Å²) in [6.07, 6.45) is 2.65. The van der Waals surface area contributed by atoms with Crippen LogP contribution >= 0.6 is 0 Å². The fourth-order valence-electron chi connectivity index (χ4n) is 3.06. The number of carboxylic acids is 1. The predicted molar refractivity (Wildman–Crippen MR) is 69.6 cm³/mol. The number of hydrazine groups is 1. The van der Waals surface area contributed by atoms with Crippen LogP contribution in [0.15, 0.2) is 12.2 Å². The van der Waals surface area contributed by atoms with Crippen LogP contribution in [0.1, 0.15) is 0 Å². The molecule has 2 bridgehead atoms. The van der Waals surface area contributed by atoms with Gasteiger partial charge in [-0.25, -0.2) is 5.01 Å². The van der Waals surface area contributed by atoms with Gasteiger partial charge in [-0.15, -0.1) is 0 Å². The number of nitrogens with zero attached hydrogens (tertiary/aromatic N) is 2. The van der Waals surface area contributed by atoms with Crippen molar-refractivity contribution in [3.8, 4) is 0 Å². The molecule has 3 aliphatic heterocycles. The summed E-state index contributed by atoms with van der Waals surface area (Å²) in [5.41, 5.74) is 2.84. The first-order valence-electron chi connectivity index (χ1n) is 6.87. The standard InChI is InChI=1S/C13H19N3O4/c1-15-4-6-16(7-5-15)14-12(17)10-8-2-3-9(20-8)11(10)13(18)19/h2-3,8-11H,4-7H2,1H3,(H,14,17)(H,18,19)/t8-,9+,10-,11-/m0/s1. The Labute approximate surface area is 117 Å². The molecule has 110 valence electrons. The lowest BCUT2D eigenvalue weighted by atomic mass is 9.82. The lowest BCUT2D eigenvalue weighted by Crippen LogP contribution is -2.55. The first-order chi connectivity index (χ1) is 9.56. The van der Waals surface area contributed by atoms with Crippen LogP contribution in [0.5, 0.6) is 0 Å². The molecular weight excluding hydrogens is 262 g/mol. The number of piperazine rings is 1. The molecule has 2 saturated heterocycles. The summed E-state index contributed by atoms with van der Waals surface area (Å²) in [5, 5.41) is 11.1. The monoisotopic (exact) mass is 281 g/mol. The van der Waals surface area contributed by atoms with Gasteiger partial charge in [0.15, 0.2) is 0 Å². The van der Waals surface area contributed by atoms with Gasteiger partial charge in [0.25, 0.3) is 0 Å². The van der Waals surface area contributed by atoms with E-state index in [0.717, 1.165) is 26.2 Å². The van der Waals surface area contributed by atoms with Crippen molar-refractivity contribution in [3.63, 3.8) is 0 Å². The zero-order valence-corrected chi connectivity index (χ0v) is 11.4. The molecule has 7 heteroatoms. The smallest absolute Gasteiger partial charge is 0.310 e. The van der Waals surface area contributed by atoms with Gasteiger partial charge in [0.2, 0.25) is 5.91 Å². The highest BCUT2D eigenvalue weighted by atomic mass is 16.5. The van der Waals surface area contributed by atoms with E-state index in [4.69, 9.17) is 4.74 Å². The largest absolute Gasteiger partial charge is 0.481 e. The summed E-state index contributed by atoms with van der Waals surface area (Å²) in [6, 6.07) is 0. The summed E-state index contributed by atoms with van der Waals surface area (Å²) in [4.78, 5) is 25.9. The van der Waals surface area contributed by atoms with Gasteiger partial charge in [-0.1, -0.05) is 12.2 Å².